The number of ether oxygens (including phenoxy) is 1. The second kappa shape index (κ2) is 7.98. The lowest BCUT2D eigenvalue weighted by Crippen LogP contribution is -2.17. The summed E-state index contributed by atoms with van der Waals surface area (Å²) in [6, 6.07) is 15.9. The highest BCUT2D eigenvalue weighted by molar-refractivity contribution is 5.94. The van der Waals surface area contributed by atoms with E-state index < -0.39 is 6.36 Å². The molecule has 0 radical (unpaired) electrons. The Bertz CT molecular complexity index is 1240. The topological polar surface area (TPSA) is 80.5 Å². The highest BCUT2D eigenvalue weighted by Gasteiger charge is 2.31. The van der Waals surface area contributed by atoms with E-state index in [2.05, 4.69) is 25.5 Å². The predicted molar refractivity (Wildman–Crippen MR) is 108 cm³/mol. The molecule has 0 aliphatic carbocycles. The Hall–Kier alpha value is -4.08. The van der Waals surface area contributed by atoms with Gasteiger partial charge >= 0.3 is 6.36 Å². The molecule has 2 aromatic heterocycles. The van der Waals surface area contributed by atoms with E-state index in [9.17, 15) is 18.0 Å². The molecular formula is C21H16F3N5O2. The molecule has 0 atom stereocenters. The smallest absolute Gasteiger partial charge is 0.406 e. The van der Waals surface area contributed by atoms with Gasteiger partial charge in [0.25, 0.3) is 5.91 Å². The van der Waals surface area contributed by atoms with Gasteiger partial charge in [-0.15, -0.1) is 18.3 Å². The van der Waals surface area contributed by atoms with Gasteiger partial charge in [-0.1, -0.05) is 12.1 Å². The molecular weight excluding hydrogens is 411 g/mol. The van der Waals surface area contributed by atoms with E-state index in [4.69, 9.17) is 0 Å². The van der Waals surface area contributed by atoms with Crippen LogP contribution in [-0.4, -0.2) is 33.9 Å². The molecule has 4 aromatic rings. The number of hydrogen-bond donors (Lipinski definition) is 2. The maximum absolute atomic E-state index is 12.5. The lowest BCUT2D eigenvalue weighted by atomic mass is 10.1. The maximum Gasteiger partial charge on any atom is 0.573 e. The van der Waals surface area contributed by atoms with Gasteiger partial charge in [0, 0.05) is 30.1 Å². The summed E-state index contributed by atoms with van der Waals surface area (Å²) in [6.07, 6.45) is -3.09. The van der Waals surface area contributed by atoms with Crippen LogP contribution in [-0.2, 0) is 0 Å². The largest absolute Gasteiger partial charge is 0.573 e. The number of fused-ring (bicyclic) bond motifs is 1. The number of anilines is 2. The van der Waals surface area contributed by atoms with Crippen LogP contribution in [0.4, 0.5) is 24.8 Å². The molecule has 2 aromatic carbocycles. The summed E-state index contributed by atoms with van der Waals surface area (Å²) in [6.45, 7) is 0. The number of hydrogen-bond acceptors (Lipinski definition) is 5. The lowest BCUT2D eigenvalue weighted by molar-refractivity contribution is -0.274. The number of benzene rings is 2. The molecule has 7 nitrogen and oxygen atoms in total. The van der Waals surface area contributed by atoms with Crippen molar-refractivity contribution >= 4 is 23.2 Å². The monoisotopic (exact) mass is 427 g/mol. The van der Waals surface area contributed by atoms with Crippen molar-refractivity contribution in [3.63, 3.8) is 0 Å². The average molecular weight is 427 g/mol. The number of nitrogens with one attached hydrogen (secondary N) is 2. The third kappa shape index (κ3) is 4.58. The van der Waals surface area contributed by atoms with Crippen LogP contribution < -0.4 is 15.4 Å². The fourth-order valence-corrected chi connectivity index (χ4v) is 3.02. The molecule has 2 heterocycles. The summed E-state index contributed by atoms with van der Waals surface area (Å²) in [5.74, 6) is -0.220. The molecule has 0 spiro atoms. The number of carbonyl (C=O) groups excluding carboxylic acids is 1. The van der Waals surface area contributed by atoms with E-state index in [0.717, 1.165) is 0 Å². The lowest BCUT2D eigenvalue weighted by Gasteiger charge is -2.10. The van der Waals surface area contributed by atoms with E-state index in [1.165, 1.54) is 22.7 Å². The Kier molecular flexibility index (Phi) is 5.20. The van der Waals surface area contributed by atoms with Gasteiger partial charge in [0.05, 0.1) is 0 Å². The summed E-state index contributed by atoms with van der Waals surface area (Å²) in [5.41, 5.74) is 2.73. The summed E-state index contributed by atoms with van der Waals surface area (Å²) >= 11 is 0. The van der Waals surface area contributed by atoms with Crippen molar-refractivity contribution in [3.05, 3.63) is 72.4 Å². The van der Waals surface area contributed by atoms with E-state index in [0.29, 0.717) is 34.0 Å². The van der Waals surface area contributed by atoms with Crippen molar-refractivity contribution in [2.75, 3.05) is 12.4 Å². The standard InChI is InChI=1S/C21H16F3N5O2/c1-25-19(30)13-7-9-15(10-8-13)26-20-27-18-17(6-3-11-29(18)28-20)14-4-2-5-16(12-14)31-21(22,23)24/h2-12H,1H3,(H,25,30)(H,26,28). The average Bonchev–Trinajstić information content (AvgIpc) is 3.15. The molecule has 1 amide bonds. The molecule has 0 bridgehead atoms. The van der Waals surface area contributed by atoms with Gasteiger partial charge in [-0.3, -0.25) is 4.79 Å². The zero-order chi connectivity index (χ0) is 22.0. The molecule has 4 rings (SSSR count). The predicted octanol–water partition coefficient (Wildman–Crippen LogP) is 4.40. The molecule has 158 valence electrons. The van der Waals surface area contributed by atoms with Crippen LogP contribution in [0.1, 0.15) is 10.4 Å². The van der Waals surface area contributed by atoms with Crippen molar-refractivity contribution in [2.45, 2.75) is 6.36 Å². The van der Waals surface area contributed by atoms with Crippen molar-refractivity contribution in [1.82, 2.24) is 19.9 Å². The normalized spacial score (nSPS) is 11.4. The fourth-order valence-electron chi connectivity index (χ4n) is 3.02. The van der Waals surface area contributed by atoms with Gasteiger partial charge < -0.3 is 15.4 Å². The molecule has 31 heavy (non-hydrogen) atoms. The zero-order valence-corrected chi connectivity index (χ0v) is 16.1. The van der Waals surface area contributed by atoms with Crippen LogP contribution in [0.3, 0.4) is 0 Å². The molecule has 10 heteroatoms. The highest BCUT2D eigenvalue weighted by Crippen LogP contribution is 2.30. The van der Waals surface area contributed by atoms with Gasteiger partial charge in [-0.2, -0.15) is 4.98 Å². The number of nitrogens with zero attached hydrogens (tertiary/aromatic N) is 3. The van der Waals surface area contributed by atoms with Crippen molar-refractivity contribution in [2.24, 2.45) is 0 Å². The zero-order valence-electron chi connectivity index (χ0n) is 16.1. The minimum absolute atomic E-state index is 0.196. The Balaban J connectivity index is 1.63. The third-order valence-electron chi connectivity index (χ3n) is 4.37. The van der Waals surface area contributed by atoms with Gasteiger partial charge in [0.15, 0.2) is 5.65 Å². The molecule has 0 unspecified atom stereocenters. The summed E-state index contributed by atoms with van der Waals surface area (Å²) in [5, 5.41) is 9.95. The maximum atomic E-state index is 12.5. The second-order valence-electron chi connectivity index (χ2n) is 6.48. The first-order valence-corrected chi connectivity index (χ1v) is 9.13. The van der Waals surface area contributed by atoms with E-state index in [1.54, 1.807) is 55.7 Å². The molecule has 0 fully saturated rings. The van der Waals surface area contributed by atoms with Gasteiger partial charge in [-0.25, -0.2) is 4.52 Å². The molecule has 0 aliphatic heterocycles. The van der Waals surface area contributed by atoms with E-state index in [1.807, 2.05) is 0 Å². The Morgan fingerprint density at radius 2 is 1.84 bits per heavy atom. The number of rotatable bonds is 5. The SMILES string of the molecule is CNC(=O)c1ccc(Nc2nc3c(-c4cccc(OC(F)(F)F)c4)cccn3n2)cc1. The van der Waals surface area contributed by atoms with Crippen LogP contribution in [0.2, 0.25) is 0 Å². The van der Waals surface area contributed by atoms with Crippen LogP contribution in [0.25, 0.3) is 16.8 Å². The van der Waals surface area contributed by atoms with Gasteiger partial charge in [0.1, 0.15) is 5.75 Å². The molecule has 0 aliphatic rings. The minimum Gasteiger partial charge on any atom is -0.406 e. The van der Waals surface area contributed by atoms with Gasteiger partial charge in [-0.05, 0) is 54.1 Å². The van der Waals surface area contributed by atoms with Crippen molar-refractivity contribution in [3.8, 4) is 16.9 Å². The Morgan fingerprint density at radius 3 is 2.55 bits per heavy atom. The van der Waals surface area contributed by atoms with Crippen LogP contribution in [0.5, 0.6) is 5.75 Å². The number of halogens is 3. The second-order valence-corrected chi connectivity index (χ2v) is 6.48. The number of alkyl halides is 3. The quantitative estimate of drug-likeness (QED) is 0.494. The number of carbonyl (C=O) groups is 1. The number of amides is 1. The Morgan fingerprint density at radius 1 is 1.06 bits per heavy atom. The van der Waals surface area contributed by atoms with Crippen molar-refractivity contribution < 1.29 is 22.7 Å². The number of pyridine rings is 1. The fraction of sp³-hybridized carbons (Fsp3) is 0.0952. The Labute approximate surface area is 174 Å². The van der Waals surface area contributed by atoms with E-state index >= 15 is 0 Å². The molecule has 2 N–H and O–H groups in total. The summed E-state index contributed by atoms with van der Waals surface area (Å²) in [7, 11) is 1.55. The first-order chi connectivity index (χ1) is 14.8. The third-order valence-corrected chi connectivity index (χ3v) is 4.37. The number of aromatic nitrogens is 3. The first kappa shape index (κ1) is 20.2. The van der Waals surface area contributed by atoms with Crippen LogP contribution in [0, 0.1) is 0 Å². The molecule has 0 saturated carbocycles. The summed E-state index contributed by atoms with van der Waals surface area (Å²) < 4.78 is 43.2. The first-order valence-electron chi connectivity index (χ1n) is 9.13. The molecule has 0 saturated heterocycles. The summed E-state index contributed by atoms with van der Waals surface area (Å²) in [4.78, 5) is 16.1. The van der Waals surface area contributed by atoms with Crippen LogP contribution in [0.15, 0.2) is 66.9 Å². The van der Waals surface area contributed by atoms with Crippen molar-refractivity contribution in [1.29, 1.82) is 0 Å². The highest BCUT2D eigenvalue weighted by atomic mass is 19.4. The van der Waals surface area contributed by atoms with E-state index in [-0.39, 0.29) is 11.7 Å². The minimum atomic E-state index is -4.77. The van der Waals surface area contributed by atoms with Crippen LogP contribution >= 0.6 is 0 Å². The van der Waals surface area contributed by atoms with Gasteiger partial charge in [0.2, 0.25) is 5.95 Å².